The molecule has 0 saturated carbocycles. The molecule has 0 unspecified atom stereocenters. The molecule has 10 heavy (non-hydrogen) atoms. The quantitative estimate of drug-likeness (QED) is 0.646. The first kappa shape index (κ1) is 10.3. The van der Waals surface area contributed by atoms with E-state index < -0.39 is 9.06 Å². The van der Waals surface area contributed by atoms with E-state index in [0.717, 1.165) is 17.2 Å². The van der Waals surface area contributed by atoms with Crippen molar-refractivity contribution in [3.63, 3.8) is 0 Å². The topological polar surface area (TPSA) is 46.2 Å². The van der Waals surface area contributed by atoms with Crippen LogP contribution in [0.1, 0.15) is 20.3 Å². The van der Waals surface area contributed by atoms with Crippen LogP contribution < -0.4 is 4.72 Å². The minimum atomic E-state index is -3.03. The highest BCUT2D eigenvalue weighted by atomic mass is 33.1. The highest BCUT2D eigenvalue weighted by molar-refractivity contribution is 8.71. The van der Waals surface area contributed by atoms with Crippen molar-refractivity contribution in [3.8, 4) is 0 Å². The van der Waals surface area contributed by atoms with Gasteiger partial charge in [-0.3, -0.25) is 0 Å². The Morgan fingerprint density at radius 1 is 1.40 bits per heavy atom. The van der Waals surface area contributed by atoms with Crippen LogP contribution in [0.4, 0.5) is 0 Å². The number of nitrogens with one attached hydrogen (secondary N) is 1. The van der Waals surface area contributed by atoms with E-state index in [4.69, 9.17) is 0 Å². The van der Waals surface area contributed by atoms with E-state index in [1.807, 2.05) is 13.8 Å². The lowest BCUT2D eigenvalue weighted by molar-refractivity contribution is 0.596. The normalized spacial score (nSPS) is 11.8. The summed E-state index contributed by atoms with van der Waals surface area (Å²) in [5, 5.41) is 0. The van der Waals surface area contributed by atoms with Gasteiger partial charge in [-0.05, 0) is 17.2 Å². The zero-order valence-corrected chi connectivity index (χ0v) is 7.89. The maximum absolute atomic E-state index is 10.8. The van der Waals surface area contributed by atoms with Gasteiger partial charge < -0.3 is 0 Å². The highest BCUT2D eigenvalue weighted by Crippen LogP contribution is 2.07. The van der Waals surface area contributed by atoms with Gasteiger partial charge in [0, 0.05) is 12.3 Å². The average Bonchev–Trinajstić information content (AvgIpc) is 1.84. The van der Waals surface area contributed by atoms with Crippen molar-refractivity contribution >= 4 is 19.8 Å². The predicted molar refractivity (Wildman–Crippen MR) is 45.3 cm³/mol. The highest BCUT2D eigenvalue weighted by Gasteiger charge is 2.06. The fourth-order valence-corrected chi connectivity index (χ4v) is 2.70. The molecule has 3 nitrogen and oxygen atoms in total. The summed E-state index contributed by atoms with van der Waals surface area (Å²) in [6.07, 6.45) is 0.837. The van der Waals surface area contributed by atoms with E-state index in [-0.39, 0.29) is 0 Å². The molecule has 0 radical (unpaired) electrons. The fraction of sp³-hybridized carbons (Fsp3) is 1.00. The van der Waals surface area contributed by atoms with Crippen LogP contribution in [-0.2, 0) is 9.06 Å². The smallest absolute Gasteiger partial charge is 0.206 e. The third-order valence-corrected chi connectivity index (χ3v) is 3.90. The van der Waals surface area contributed by atoms with Crippen molar-refractivity contribution < 1.29 is 8.42 Å². The summed E-state index contributed by atoms with van der Waals surface area (Å²) < 4.78 is 24.1. The Bertz CT molecular complexity index is 164. The zero-order valence-electron chi connectivity index (χ0n) is 6.25. The Morgan fingerprint density at radius 3 is 2.40 bits per heavy atom. The van der Waals surface area contributed by atoms with Crippen LogP contribution in [0.25, 0.3) is 0 Å². The minimum Gasteiger partial charge on any atom is -0.206 e. The van der Waals surface area contributed by atoms with Crippen LogP contribution in [0.5, 0.6) is 0 Å². The second-order valence-electron chi connectivity index (χ2n) is 1.75. The van der Waals surface area contributed by atoms with Crippen molar-refractivity contribution in [1.82, 2.24) is 4.72 Å². The number of hydrogen-bond acceptors (Lipinski definition) is 3. The standard InChI is InChI=1S/C5H13NO2S2/c1-3-5-6-10(7,8)9-4-2/h6H,3-5H2,1-2H3. The Hall–Kier alpha value is 0.260. The molecule has 0 rings (SSSR count). The minimum absolute atomic E-state index is 0.537. The molecule has 0 aromatic heterocycles. The molecule has 0 aromatic rings. The molecular weight excluding hydrogens is 170 g/mol. The van der Waals surface area contributed by atoms with Crippen molar-refractivity contribution in [2.24, 2.45) is 0 Å². The first-order chi connectivity index (χ1) is 4.62. The van der Waals surface area contributed by atoms with E-state index in [1.54, 1.807) is 0 Å². The summed E-state index contributed by atoms with van der Waals surface area (Å²) in [6.45, 7) is 4.28. The van der Waals surface area contributed by atoms with Crippen molar-refractivity contribution in [1.29, 1.82) is 0 Å². The van der Waals surface area contributed by atoms with Gasteiger partial charge in [-0.25, -0.2) is 13.1 Å². The molecule has 1 N–H and O–H groups in total. The summed E-state index contributed by atoms with van der Waals surface area (Å²) in [5.41, 5.74) is 0. The molecule has 0 aliphatic carbocycles. The van der Waals surface area contributed by atoms with E-state index in [9.17, 15) is 8.42 Å². The fourth-order valence-electron chi connectivity index (χ4n) is 0.424. The first-order valence-electron chi connectivity index (χ1n) is 3.26. The van der Waals surface area contributed by atoms with Gasteiger partial charge in [0.15, 0.2) is 0 Å². The molecule has 0 heterocycles. The van der Waals surface area contributed by atoms with E-state index in [0.29, 0.717) is 12.3 Å². The Balaban J connectivity index is 3.65. The molecule has 0 aliphatic rings. The van der Waals surface area contributed by atoms with Crippen LogP contribution in [0.3, 0.4) is 0 Å². The number of rotatable bonds is 5. The molecule has 0 saturated heterocycles. The summed E-state index contributed by atoms with van der Waals surface area (Å²) in [7, 11) is -2.09. The van der Waals surface area contributed by atoms with Gasteiger partial charge in [-0.1, -0.05) is 13.8 Å². The van der Waals surface area contributed by atoms with Crippen molar-refractivity contribution in [2.75, 3.05) is 12.3 Å². The third kappa shape index (κ3) is 5.08. The molecule has 0 aliphatic heterocycles. The molecule has 0 spiro atoms. The number of hydrogen-bond donors (Lipinski definition) is 1. The van der Waals surface area contributed by atoms with Gasteiger partial charge in [0.05, 0.1) is 0 Å². The van der Waals surface area contributed by atoms with Crippen LogP contribution in [0.2, 0.25) is 0 Å². The Kier molecular flexibility index (Phi) is 5.11. The lowest BCUT2D eigenvalue weighted by atomic mass is 10.5. The largest absolute Gasteiger partial charge is 0.264 e. The summed E-state index contributed by atoms with van der Waals surface area (Å²) in [5.74, 6) is 0.596. The molecular formula is C5H13NO2S2. The van der Waals surface area contributed by atoms with E-state index in [2.05, 4.69) is 4.72 Å². The molecule has 0 fully saturated rings. The van der Waals surface area contributed by atoms with E-state index >= 15 is 0 Å². The van der Waals surface area contributed by atoms with Gasteiger partial charge in [0.1, 0.15) is 0 Å². The zero-order chi connectivity index (χ0) is 8.04. The third-order valence-electron chi connectivity index (χ3n) is 0.802. The lowest BCUT2D eigenvalue weighted by Crippen LogP contribution is -2.20. The van der Waals surface area contributed by atoms with Gasteiger partial charge >= 0.3 is 0 Å². The van der Waals surface area contributed by atoms with Gasteiger partial charge in [-0.15, -0.1) is 0 Å². The Labute approximate surface area is 66.0 Å². The average molecular weight is 183 g/mol. The summed E-state index contributed by atoms with van der Waals surface area (Å²) in [4.78, 5) is 0. The predicted octanol–water partition coefficient (Wildman–Crippen LogP) is 0.984. The van der Waals surface area contributed by atoms with Crippen molar-refractivity contribution in [3.05, 3.63) is 0 Å². The monoisotopic (exact) mass is 183 g/mol. The second-order valence-corrected chi connectivity index (χ2v) is 5.79. The Morgan fingerprint density at radius 2 is 2.00 bits per heavy atom. The summed E-state index contributed by atoms with van der Waals surface area (Å²) in [6, 6.07) is 0. The van der Waals surface area contributed by atoms with Gasteiger partial charge in [-0.2, -0.15) is 0 Å². The molecule has 0 atom stereocenters. The van der Waals surface area contributed by atoms with Crippen LogP contribution >= 0.6 is 10.8 Å². The van der Waals surface area contributed by atoms with Gasteiger partial charge in [0.2, 0.25) is 0 Å². The van der Waals surface area contributed by atoms with Gasteiger partial charge in [0.25, 0.3) is 9.06 Å². The lowest BCUT2D eigenvalue weighted by Gasteiger charge is -2.00. The van der Waals surface area contributed by atoms with E-state index in [1.165, 1.54) is 0 Å². The molecule has 0 amide bonds. The maximum atomic E-state index is 10.8. The molecule has 0 aromatic carbocycles. The summed E-state index contributed by atoms with van der Waals surface area (Å²) >= 11 is 0. The first-order valence-corrected chi connectivity index (χ1v) is 6.25. The molecule has 62 valence electrons. The van der Waals surface area contributed by atoms with Crippen LogP contribution in [0, 0.1) is 0 Å². The molecule has 0 bridgehead atoms. The second kappa shape index (κ2) is 4.98. The van der Waals surface area contributed by atoms with Crippen LogP contribution in [0.15, 0.2) is 0 Å². The van der Waals surface area contributed by atoms with Crippen LogP contribution in [-0.4, -0.2) is 20.7 Å². The maximum Gasteiger partial charge on any atom is 0.264 e. The SMILES string of the molecule is CCCNS(=O)(=O)SCC. The van der Waals surface area contributed by atoms with Crippen molar-refractivity contribution in [2.45, 2.75) is 20.3 Å². The molecule has 5 heteroatoms.